The standard InChI is InChI=1S/C12H10Ge.C3H9Ge.Li/c1-3-7-11(8-4-1)13-12-9-5-2-6-10-12;1-4(2)3;/h1-10H;1-3H3;. The Morgan fingerprint density at radius 1 is 0.667 bits per heavy atom. The van der Waals surface area contributed by atoms with Gasteiger partial charge in [-0.25, -0.2) is 0 Å². The van der Waals surface area contributed by atoms with Crippen LogP contribution in [-0.2, 0) is 0 Å². The van der Waals surface area contributed by atoms with Gasteiger partial charge in [0.05, 0.1) is 0 Å². The minimum atomic E-state index is -0.333. The van der Waals surface area contributed by atoms with Gasteiger partial charge in [-0.3, -0.25) is 0 Å². The van der Waals surface area contributed by atoms with Crippen molar-refractivity contribution < 1.29 is 0 Å². The van der Waals surface area contributed by atoms with Gasteiger partial charge >= 0.3 is 117 Å². The Kier molecular flexibility index (Phi) is 11.1. The van der Waals surface area contributed by atoms with Gasteiger partial charge in [-0.05, 0) is 0 Å². The van der Waals surface area contributed by atoms with Crippen LogP contribution < -0.4 is 8.79 Å². The van der Waals surface area contributed by atoms with E-state index in [1.54, 1.807) is 0 Å². The molecule has 0 unspecified atom stereocenters. The number of hydrogen-bond donors (Lipinski definition) is 0. The molecule has 0 aliphatic carbocycles. The summed E-state index contributed by atoms with van der Waals surface area (Å²) in [5, 5.41) is 0. The van der Waals surface area contributed by atoms with Crippen LogP contribution in [0.4, 0.5) is 0 Å². The molecule has 18 heavy (non-hydrogen) atoms. The van der Waals surface area contributed by atoms with Crippen LogP contribution in [0.3, 0.4) is 0 Å². The van der Waals surface area contributed by atoms with Crippen molar-refractivity contribution in [3.8, 4) is 0 Å². The van der Waals surface area contributed by atoms with E-state index in [1.165, 1.54) is 8.79 Å². The Hall–Kier alpha value is 0.123. The Labute approximate surface area is 134 Å². The van der Waals surface area contributed by atoms with Crippen LogP contribution in [0.1, 0.15) is 0 Å². The van der Waals surface area contributed by atoms with E-state index < -0.39 is 0 Å². The zero-order valence-corrected chi connectivity index (χ0v) is 16.0. The van der Waals surface area contributed by atoms with Gasteiger partial charge in [-0.1, -0.05) is 0 Å². The summed E-state index contributed by atoms with van der Waals surface area (Å²) in [5.74, 6) is 7.00. The monoisotopic (exact) mass is 354 g/mol. The molecule has 0 fully saturated rings. The van der Waals surface area contributed by atoms with Crippen LogP contribution in [0.25, 0.3) is 0 Å². The van der Waals surface area contributed by atoms with E-state index in [4.69, 9.17) is 0 Å². The number of hydrogen-bond acceptors (Lipinski definition) is 0. The van der Waals surface area contributed by atoms with Crippen molar-refractivity contribution in [3.05, 3.63) is 60.7 Å². The molecule has 0 bridgehead atoms. The molecule has 4 radical (unpaired) electrons. The summed E-state index contributed by atoms with van der Waals surface area (Å²) in [7, 11) is 0. The fourth-order valence-electron chi connectivity index (χ4n) is 1.21. The molecule has 0 heterocycles. The molecule has 0 N–H and O–H groups in total. The quantitative estimate of drug-likeness (QED) is 0.729. The summed E-state index contributed by atoms with van der Waals surface area (Å²) in [6, 6.07) is 21.5. The molecule has 0 aromatic heterocycles. The Balaban J connectivity index is 0.000000512. The molecule has 0 nitrogen and oxygen atoms in total. The average molecular weight is 351 g/mol. The van der Waals surface area contributed by atoms with Gasteiger partial charge in [-0.2, -0.15) is 0 Å². The average Bonchev–Trinajstić information content (AvgIpc) is 2.31. The van der Waals surface area contributed by atoms with Crippen LogP contribution in [0, 0.1) is 0 Å². The second-order valence-corrected chi connectivity index (χ2v) is 13.6. The molecule has 3 heteroatoms. The van der Waals surface area contributed by atoms with Crippen LogP contribution >= 0.6 is 0 Å². The van der Waals surface area contributed by atoms with Gasteiger partial charge in [0.1, 0.15) is 0 Å². The van der Waals surface area contributed by atoms with E-state index >= 15 is 0 Å². The third kappa shape index (κ3) is 9.11. The molecule has 88 valence electrons. The summed E-state index contributed by atoms with van der Waals surface area (Å²) in [6.07, 6.45) is 0. The molecule has 0 atom stereocenters. The van der Waals surface area contributed by atoms with Crippen molar-refractivity contribution >= 4 is 57.4 Å². The Morgan fingerprint density at radius 2 is 0.944 bits per heavy atom. The van der Waals surface area contributed by atoms with Crippen molar-refractivity contribution in [3.63, 3.8) is 0 Å². The van der Waals surface area contributed by atoms with Crippen molar-refractivity contribution in [1.82, 2.24) is 0 Å². The predicted molar refractivity (Wildman–Crippen MR) is 87.0 cm³/mol. The van der Waals surface area contributed by atoms with Crippen LogP contribution in [0.5, 0.6) is 0 Å². The van der Waals surface area contributed by atoms with Gasteiger partial charge in [0.25, 0.3) is 0 Å². The molecule has 0 saturated carbocycles. The van der Waals surface area contributed by atoms with Gasteiger partial charge in [-0.15, -0.1) is 0 Å². The fourth-order valence-corrected chi connectivity index (χ4v) is 3.42. The van der Waals surface area contributed by atoms with Crippen molar-refractivity contribution in [2.24, 2.45) is 0 Å². The molecule has 2 aromatic rings. The molecular formula is C15H19Ge2Li. The summed E-state index contributed by atoms with van der Waals surface area (Å²) in [4.78, 5) is 0. The van der Waals surface area contributed by atoms with Crippen LogP contribution in [0.2, 0.25) is 17.3 Å². The predicted octanol–water partition coefficient (Wildman–Crippen LogP) is 2.33. The van der Waals surface area contributed by atoms with Gasteiger partial charge in [0.2, 0.25) is 0 Å². The van der Waals surface area contributed by atoms with E-state index in [0.717, 1.165) is 0 Å². The summed E-state index contributed by atoms with van der Waals surface area (Å²) >= 11 is -0.441. The van der Waals surface area contributed by atoms with Crippen LogP contribution in [0.15, 0.2) is 60.7 Å². The second-order valence-electron chi connectivity index (χ2n) is 4.36. The molecule has 2 rings (SSSR count). The summed E-state index contributed by atoms with van der Waals surface area (Å²) < 4.78 is 2.99. The second kappa shape index (κ2) is 11.0. The van der Waals surface area contributed by atoms with E-state index in [-0.39, 0.29) is 48.6 Å². The molecule has 0 saturated heterocycles. The van der Waals surface area contributed by atoms with Gasteiger partial charge < -0.3 is 0 Å². The van der Waals surface area contributed by atoms with Crippen molar-refractivity contribution in [2.75, 3.05) is 0 Å². The van der Waals surface area contributed by atoms with Crippen LogP contribution in [-0.4, -0.2) is 48.6 Å². The fraction of sp³-hybridized carbons (Fsp3) is 0.200. The third-order valence-electron chi connectivity index (χ3n) is 1.84. The van der Waals surface area contributed by atoms with Gasteiger partial charge in [0.15, 0.2) is 0 Å². The van der Waals surface area contributed by atoms with E-state index in [1.807, 2.05) is 0 Å². The third-order valence-corrected chi connectivity index (χ3v) is 4.45. The molecule has 2 aromatic carbocycles. The first kappa shape index (κ1) is 18.1. The molecule has 0 aliphatic rings. The molecule has 0 amide bonds. The maximum atomic E-state index is 2.33. The topological polar surface area (TPSA) is 0 Å². The zero-order valence-electron chi connectivity index (χ0n) is 11.8. The first-order valence-corrected chi connectivity index (χ1v) is 14.2. The Morgan fingerprint density at radius 3 is 1.22 bits per heavy atom. The SMILES string of the molecule is [CH3][Ge]([CH3])[CH3].[Li].c1cc[c]([Ge][c]2ccccc2)cc1. The number of benzene rings is 2. The Bertz CT molecular complexity index is 361. The summed E-state index contributed by atoms with van der Waals surface area (Å²) in [6.45, 7) is 0. The summed E-state index contributed by atoms with van der Waals surface area (Å²) in [5.41, 5.74) is 0. The van der Waals surface area contributed by atoms with Gasteiger partial charge in [0, 0.05) is 18.9 Å². The molecule has 0 spiro atoms. The van der Waals surface area contributed by atoms with E-state index in [2.05, 4.69) is 77.9 Å². The first-order valence-electron chi connectivity index (χ1n) is 5.82. The zero-order chi connectivity index (χ0) is 12.5. The van der Waals surface area contributed by atoms with Crippen molar-refractivity contribution in [1.29, 1.82) is 0 Å². The van der Waals surface area contributed by atoms with Crippen molar-refractivity contribution in [2.45, 2.75) is 17.3 Å². The molecule has 0 aliphatic heterocycles. The maximum absolute atomic E-state index is 2.33. The molecular weight excluding hydrogens is 332 g/mol. The van der Waals surface area contributed by atoms with E-state index in [0.29, 0.717) is 0 Å². The minimum absolute atomic E-state index is 0. The number of rotatable bonds is 2. The first-order chi connectivity index (χ1) is 8.18. The van der Waals surface area contributed by atoms with E-state index in [9.17, 15) is 0 Å². The normalized spacial score (nSPS) is 9.11.